The minimum absolute atomic E-state index is 0.0540. The lowest BCUT2D eigenvalue weighted by Crippen LogP contribution is -2.50. The highest BCUT2D eigenvalue weighted by atomic mass is 16.2. The first-order valence-electron chi connectivity index (χ1n) is 9.53. The maximum Gasteiger partial charge on any atom is 0.439 e. The highest BCUT2D eigenvalue weighted by molar-refractivity contribution is 5.87. The Balaban J connectivity index is 1.88. The monoisotopic (exact) mass is 371 g/mol. The van der Waals surface area contributed by atoms with Gasteiger partial charge in [-0.05, 0) is 6.42 Å². The zero-order valence-corrected chi connectivity index (χ0v) is 15.9. The van der Waals surface area contributed by atoms with Gasteiger partial charge in [-0.3, -0.25) is 0 Å². The molecule has 140 valence electrons. The number of hydrogen-bond acceptors (Lipinski definition) is 3. The van der Waals surface area contributed by atoms with Crippen molar-refractivity contribution < 1.29 is 9.28 Å². The van der Waals surface area contributed by atoms with Crippen LogP contribution in [0.5, 0.6) is 0 Å². The Hall–Kier alpha value is -3.31. The van der Waals surface area contributed by atoms with Gasteiger partial charge in [0.15, 0.2) is 5.70 Å². The van der Waals surface area contributed by atoms with Crippen molar-refractivity contribution in [1.29, 1.82) is 0 Å². The molecule has 3 aromatic rings. The molecule has 28 heavy (non-hydrogen) atoms. The molecular formula is C23H23N4O+. The first-order chi connectivity index (χ1) is 13.7. The highest BCUT2D eigenvalue weighted by Crippen LogP contribution is 2.38. The van der Waals surface area contributed by atoms with Crippen molar-refractivity contribution in [1.82, 2.24) is 9.55 Å². The average molecular weight is 371 g/mol. The van der Waals surface area contributed by atoms with E-state index in [0.29, 0.717) is 6.54 Å². The van der Waals surface area contributed by atoms with Crippen molar-refractivity contribution in [3.05, 3.63) is 96.2 Å². The van der Waals surface area contributed by atoms with E-state index in [2.05, 4.69) is 24.0 Å². The van der Waals surface area contributed by atoms with Gasteiger partial charge in [-0.15, -0.1) is 0 Å². The van der Waals surface area contributed by atoms with E-state index in [9.17, 15) is 4.79 Å². The quantitative estimate of drug-likeness (QED) is 0.587. The summed E-state index contributed by atoms with van der Waals surface area (Å²) in [5.41, 5.74) is 4.04. The van der Waals surface area contributed by atoms with E-state index in [1.165, 1.54) is 0 Å². The molecule has 0 aliphatic carbocycles. The predicted molar refractivity (Wildman–Crippen MR) is 110 cm³/mol. The van der Waals surface area contributed by atoms with E-state index in [1.807, 2.05) is 48.5 Å². The first kappa shape index (κ1) is 18.1. The fourth-order valence-corrected chi connectivity index (χ4v) is 3.70. The lowest BCUT2D eigenvalue weighted by atomic mass is 10.1. The van der Waals surface area contributed by atoms with E-state index in [-0.39, 0.29) is 10.5 Å². The van der Waals surface area contributed by atoms with Gasteiger partial charge in [0.05, 0.1) is 0 Å². The second-order valence-electron chi connectivity index (χ2n) is 6.92. The normalized spacial score (nSPS) is 18.6. The summed E-state index contributed by atoms with van der Waals surface area (Å²) in [5.74, 6) is 0. The fourth-order valence-electron chi connectivity index (χ4n) is 3.70. The van der Waals surface area contributed by atoms with Crippen LogP contribution in [0.3, 0.4) is 0 Å². The van der Waals surface area contributed by atoms with Crippen molar-refractivity contribution in [3.63, 3.8) is 0 Å². The van der Waals surface area contributed by atoms with Gasteiger partial charge >= 0.3 is 6.03 Å². The molecule has 1 amide bonds. The van der Waals surface area contributed by atoms with Gasteiger partial charge in [-0.25, -0.2) is 14.3 Å². The van der Waals surface area contributed by atoms with Crippen LogP contribution in [0, 0.1) is 0 Å². The molecule has 1 aliphatic heterocycles. The maximum atomic E-state index is 13.7. The van der Waals surface area contributed by atoms with Crippen LogP contribution in [-0.2, 0) is 6.54 Å². The van der Waals surface area contributed by atoms with Gasteiger partial charge in [0.25, 0.3) is 0 Å². The van der Waals surface area contributed by atoms with Crippen molar-refractivity contribution in [2.24, 2.45) is 4.99 Å². The number of allylic oxidation sites excluding steroid dienone is 1. The third kappa shape index (κ3) is 3.21. The molecule has 2 heterocycles. The lowest BCUT2D eigenvalue weighted by Gasteiger charge is -2.30. The molecule has 1 aromatic heterocycles. The Labute approximate surface area is 164 Å². The summed E-state index contributed by atoms with van der Waals surface area (Å²) >= 11 is 0. The third-order valence-electron chi connectivity index (χ3n) is 5.01. The number of aliphatic imine (C=N–C) groups is 1. The zero-order chi connectivity index (χ0) is 19.4. The molecule has 5 heteroatoms. The van der Waals surface area contributed by atoms with Gasteiger partial charge in [0, 0.05) is 29.9 Å². The second-order valence-corrected chi connectivity index (χ2v) is 6.92. The molecule has 0 bridgehead atoms. The number of carbonyl (C=O) groups excluding carboxylic acids is 1. The Morgan fingerprint density at radius 2 is 1.75 bits per heavy atom. The Kier molecular flexibility index (Phi) is 5.00. The van der Waals surface area contributed by atoms with E-state index in [1.54, 1.807) is 29.6 Å². The minimum atomic E-state index is -0.0699. The molecule has 0 saturated carbocycles. The number of amides is 1. The molecule has 5 nitrogen and oxygen atoms in total. The standard InChI is InChI=1S/C23H23N4O/c1-2-9-21-22(20-12-7-4-8-13-20)25-18-27(21,16-19-10-5-3-6-11-19)23(28)26-15-14-24-17-26/h3-8,10-15,17-18H,2,9,16H2,1H3/q+1. The molecule has 0 saturated heterocycles. The Morgan fingerprint density at radius 1 is 1.04 bits per heavy atom. The molecule has 0 fully saturated rings. The van der Waals surface area contributed by atoms with E-state index < -0.39 is 0 Å². The number of nitrogens with zero attached hydrogens (tertiary/aromatic N) is 4. The van der Waals surface area contributed by atoms with Gasteiger partial charge in [0.2, 0.25) is 6.34 Å². The number of hydrogen-bond donors (Lipinski definition) is 0. The van der Waals surface area contributed by atoms with Crippen molar-refractivity contribution in [2.75, 3.05) is 0 Å². The van der Waals surface area contributed by atoms with Crippen LogP contribution in [0.1, 0.15) is 30.9 Å². The van der Waals surface area contributed by atoms with Crippen molar-refractivity contribution >= 4 is 18.1 Å². The summed E-state index contributed by atoms with van der Waals surface area (Å²) in [4.78, 5) is 22.5. The molecule has 4 rings (SSSR count). The molecule has 0 spiro atoms. The topological polar surface area (TPSA) is 47.2 Å². The van der Waals surface area contributed by atoms with Crippen molar-refractivity contribution in [2.45, 2.75) is 26.3 Å². The summed E-state index contributed by atoms with van der Waals surface area (Å²) in [6, 6.07) is 20.1. The first-order valence-corrected chi connectivity index (χ1v) is 9.53. The molecule has 1 atom stereocenters. The number of rotatable bonds is 5. The van der Waals surface area contributed by atoms with Crippen LogP contribution in [0.2, 0.25) is 0 Å². The maximum absolute atomic E-state index is 13.7. The zero-order valence-electron chi connectivity index (χ0n) is 15.9. The fraction of sp³-hybridized carbons (Fsp3) is 0.174. The summed E-state index contributed by atoms with van der Waals surface area (Å²) in [7, 11) is 0. The summed E-state index contributed by atoms with van der Waals surface area (Å²) in [6.07, 6.45) is 8.41. The van der Waals surface area contributed by atoms with E-state index in [0.717, 1.165) is 35.4 Å². The number of carbonyl (C=O) groups is 1. The summed E-state index contributed by atoms with van der Waals surface area (Å²) in [6.45, 7) is 2.65. The van der Waals surface area contributed by atoms with E-state index >= 15 is 0 Å². The second kappa shape index (κ2) is 7.74. The highest BCUT2D eigenvalue weighted by Gasteiger charge is 2.46. The molecule has 0 N–H and O–H groups in total. The van der Waals surface area contributed by atoms with Crippen LogP contribution >= 0.6 is 0 Å². The summed E-state index contributed by atoms with van der Waals surface area (Å²) in [5, 5.41) is 0. The predicted octanol–water partition coefficient (Wildman–Crippen LogP) is 5.08. The van der Waals surface area contributed by atoms with Crippen LogP contribution in [0.25, 0.3) is 5.70 Å². The van der Waals surface area contributed by atoms with Crippen molar-refractivity contribution in [3.8, 4) is 0 Å². The Bertz CT molecular complexity index is 1010. The van der Waals surface area contributed by atoms with Gasteiger partial charge < -0.3 is 0 Å². The minimum Gasteiger partial charge on any atom is -0.245 e. The number of aromatic nitrogens is 2. The summed E-state index contributed by atoms with van der Waals surface area (Å²) < 4.78 is 1.61. The van der Waals surface area contributed by atoms with Crippen LogP contribution in [-0.4, -0.2) is 26.4 Å². The van der Waals surface area contributed by atoms with Crippen LogP contribution in [0.15, 0.2) is 90.1 Å². The molecule has 1 unspecified atom stereocenters. The molecular weight excluding hydrogens is 348 g/mol. The Morgan fingerprint density at radius 3 is 2.39 bits per heavy atom. The average Bonchev–Trinajstić information content (AvgIpc) is 3.39. The third-order valence-corrected chi connectivity index (χ3v) is 5.01. The molecule has 1 aliphatic rings. The van der Waals surface area contributed by atoms with Gasteiger partial charge in [-0.1, -0.05) is 67.6 Å². The van der Waals surface area contributed by atoms with E-state index in [4.69, 9.17) is 4.99 Å². The number of imidazole rings is 1. The SMILES string of the molecule is CCCC1=C(c2ccccc2)N=C[N+]1(Cc1ccccc1)C(=O)n1ccnc1. The van der Waals surface area contributed by atoms with Crippen LogP contribution in [0.4, 0.5) is 4.79 Å². The van der Waals surface area contributed by atoms with Crippen LogP contribution < -0.4 is 0 Å². The lowest BCUT2D eigenvalue weighted by molar-refractivity contribution is -0.723. The molecule has 0 radical (unpaired) electrons. The van der Waals surface area contributed by atoms with Gasteiger partial charge in [-0.2, -0.15) is 9.48 Å². The smallest absolute Gasteiger partial charge is 0.245 e. The molecule has 2 aromatic carbocycles. The largest absolute Gasteiger partial charge is 0.439 e. The number of benzene rings is 2. The number of quaternary nitrogens is 1. The van der Waals surface area contributed by atoms with Gasteiger partial charge in [0.1, 0.15) is 18.6 Å².